The maximum absolute atomic E-state index is 6.47. The first-order valence-electron chi connectivity index (χ1n) is 7.47. The average Bonchev–Trinajstić information content (AvgIpc) is 2.82. The molecule has 0 amide bonds. The number of benzene rings is 1. The molecule has 0 radical (unpaired) electrons. The van der Waals surface area contributed by atoms with Gasteiger partial charge in [0.25, 0.3) is 0 Å². The first-order chi connectivity index (χ1) is 9.72. The fraction of sp³-hybridized carbons (Fsp3) is 0.500. The van der Waals surface area contributed by atoms with Crippen LogP contribution in [0.2, 0.25) is 0 Å². The summed E-state index contributed by atoms with van der Waals surface area (Å²) in [5, 5.41) is 3.46. The second kappa shape index (κ2) is 4.32. The summed E-state index contributed by atoms with van der Waals surface area (Å²) in [6.07, 6.45) is 2.07. The normalized spacial score (nSPS) is 32.4. The standard InChI is InChI=1S/C16H21N3O/c1-3-12-14(17)16-15-11(8-9-19(12)20-16)10-6-4-5-7-13(10)18(15)2/h4-7,12,14,16H,3,8-9,17H2,1-2H3/t12-,14-,16-/m1/s1. The minimum absolute atomic E-state index is 0.00477. The summed E-state index contributed by atoms with van der Waals surface area (Å²) >= 11 is 0. The van der Waals surface area contributed by atoms with Crippen LogP contribution in [0.15, 0.2) is 24.3 Å². The zero-order valence-electron chi connectivity index (χ0n) is 12.0. The highest BCUT2D eigenvalue weighted by atomic mass is 16.7. The average molecular weight is 271 g/mol. The van der Waals surface area contributed by atoms with Crippen molar-refractivity contribution in [1.82, 2.24) is 9.63 Å². The van der Waals surface area contributed by atoms with E-state index in [0.29, 0.717) is 6.04 Å². The number of aromatic nitrogens is 1. The number of hydrogen-bond donors (Lipinski definition) is 1. The molecule has 2 bridgehead atoms. The van der Waals surface area contributed by atoms with Gasteiger partial charge in [0.15, 0.2) is 0 Å². The number of hydroxylamine groups is 2. The van der Waals surface area contributed by atoms with Gasteiger partial charge < -0.3 is 10.3 Å². The zero-order valence-corrected chi connectivity index (χ0v) is 12.0. The van der Waals surface area contributed by atoms with E-state index in [1.54, 1.807) is 0 Å². The van der Waals surface area contributed by atoms with Crippen LogP contribution in [-0.4, -0.2) is 28.3 Å². The Kier molecular flexibility index (Phi) is 2.67. The molecule has 20 heavy (non-hydrogen) atoms. The van der Waals surface area contributed by atoms with Crippen LogP contribution < -0.4 is 5.73 Å². The molecule has 4 nitrogen and oxygen atoms in total. The third-order valence-electron chi connectivity index (χ3n) is 4.94. The minimum atomic E-state index is -0.00477. The molecule has 0 saturated carbocycles. The van der Waals surface area contributed by atoms with E-state index in [4.69, 9.17) is 10.6 Å². The topological polar surface area (TPSA) is 43.4 Å². The Labute approximate surface area is 119 Å². The molecule has 1 unspecified atom stereocenters. The monoisotopic (exact) mass is 271 g/mol. The van der Waals surface area contributed by atoms with Crippen LogP contribution in [0.5, 0.6) is 0 Å². The van der Waals surface area contributed by atoms with Crippen molar-refractivity contribution in [3.8, 4) is 0 Å². The van der Waals surface area contributed by atoms with Gasteiger partial charge in [0, 0.05) is 24.5 Å². The van der Waals surface area contributed by atoms with Crippen molar-refractivity contribution < 1.29 is 4.84 Å². The van der Waals surface area contributed by atoms with Gasteiger partial charge in [-0.3, -0.25) is 4.84 Å². The minimum Gasteiger partial charge on any atom is -0.345 e. The van der Waals surface area contributed by atoms with Crippen LogP contribution in [0.25, 0.3) is 10.9 Å². The molecule has 4 rings (SSSR count). The Morgan fingerprint density at radius 2 is 2.15 bits per heavy atom. The quantitative estimate of drug-likeness (QED) is 0.864. The SMILES string of the molecule is CC[C@@H]1[C@@H](N)[C@H]2ON1CCc1c2n(C)c2ccccc12. The number of nitrogens with zero attached hydrogens (tertiary/aromatic N) is 2. The van der Waals surface area contributed by atoms with Gasteiger partial charge in [-0.2, -0.15) is 5.06 Å². The molecule has 4 atom stereocenters. The molecule has 3 heterocycles. The highest BCUT2D eigenvalue weighted by Crippen LogP contribution is 2.41. The van der Waals surface area contributed by atoms with E-state index in [-0.39, 0.29) is 12.1 Å². The summed E-state index contributed by atoms with van der Waals surface area (Å²) in [5.41, 5.74) is 10.4. The molecule has 2 aromatic rings. The van der Waals surface area contributed by atoms with E-state index in [2.05, 4.69) is 47.9 Å². The number of aryl methyl sites for hydroxylation is 1. The molecule has 106 valence electrons. The molecular weight excluding hydrogens is 250 g/mol. The van der Waals surface area contributed by atoms with E-state index < -0.39 is 0 Å². The third-order valence-corrected chi connectivity index (χ3v) is 4.94. The second-order valence-corrected chi connectivity index (χ2v) is 5.91. The second-order valence-electron chi connectivity index (χ2n) is 5.91. The maximum atomic E-state index is 6.47. The summed E-state index contributed by atoms with van der Waals surface area (Å²) in [7, 11) is 2.13. The number of hydrogen-bond acceptors (Lipinski definition) is 3. The van der Waals surface area contributed by atoms with Gasteiger partial charge in [-0.05, 0) is 24.5 Å². The van der Waals surface area contributed by atoms with Crippen LogP contribution >= 0.6 is 0 Å². The summed E-state index contributed by atoms with van der Waals surface area (Å²) in [4.78, 5) is 6.16. The van der Waals surface area contributed by atoms with Crippen molar-refractivity contribution in [3.05, 3.63) is 35.5 Å². The lowest BCUT2D eigenvalue weighted by Crippen LogP contribution is -2.41. The highest BCUT2D eigenvalue weighted by Gasteiger charge is 2.45. The molecule has 0 aliphatic carbocycles. The van der Waals surface area contributed by atoms with Crippen LogP contribution in [0, 0.1) is 0 Å². The van der Waals surface area contributed by atoms with Gasteiger partial charge in [-0.25, -0.2) is 0 Å². The van der Waals surface area contributed by atoms with Crippen molar-refractivity contribution >= 4 is 10.9 Å². The Hall–Kier alpha value is -1.36. The van der Waals surface area contributed by atoms with Crippen molar-refractivity contribution in [2.75, 3.05) is 6.54 Å². The lowest BCUT2D eigenvalue weighted by atomic mass is 9.94. The summed E-state index contributed by atoms with van der Waals surface area (Å²) in [6.45, 7) is 3.12. The molecule has 1 aromatic carbocycles. The molecule has 0 spiro atoms. The van der Waals surface area contributed by atoms with Gasteiger partial charge in [0.05, 0.1) is 17.8 Å². The number of fused-ring (bicyclic) bond motifs is 6. The largest absolute Gasteiger partial charge is 0.345 e. The first kappa shape index (κ1) is 12.4. The Balaban J connectivity index is 1.94. The number of nitrogens with two attached hydrogens (primary N) is 1. The predicted molar refractivity (Wildman–Crippen MR) is 79.2 cm³/mol. The van der Waals surface area contributed by atoms with Crippen LogP contribution in [0.3, 0.4) is 0 Å². The number of para-hydroxylation sites is 1. The van der Waals surface area contributed by atoms with Gasteiger partial charge in [0.2, 0.25) is 0 Å². The Morgan fingerprint density at radius 1 is 1.35 bits per heavy atom. The van der Waals surface area contributed by atoms with Crippen molar-refractivity contribution in [1.29, 1.82) is 0 Å². The van der Waals surface area contributed by atoms with Gasteiger partial charge >= 0.3 is 0 Å². The molecule has 4 heteroatoms. The zero-order chi connectivity index (χ0) is 13.9. The molecular formula is C16H21N3O. The molecule has 1 fully saturated rings. The van der Waals surface area contributed by atoms with Crippen molar-refractivity contribution in [3.63, 3.8) is 0 Å². The molecule has 2 aliphatic heterocycles. The lowest BCUT2D eigenvalue weighted by molar-refractivity contribution is -0.161. The summed E-state index contributed by atoms with van der Waals surface area (Å²) < 4.78 is 2.27. The fourth-order valence-electron chi connectivity index (χ4n) is 3.95. The van der Waals surface area contributed by atoms with Gasteiger partial charge in [-0.15, -0.1) is 0 Å². The highest BCUT2D eigenvalue weighted by molar-refractivity contribution is 5.85. The van der Waals surface area contributed by atoms with Gasteiger partial charge in [-0.1, -0.05) is 25.1 Å². The first-order valence-corrected chi connectivity index (χ1v) is 7.47. The van der Waals surface area contributed by atoms with E-state index in [9.17, 15) is 0 Å². The van der Waals surface area contributed by atoms with Crippen molar-refractivity contribution in [2.45, 2.75) is 38.0 Å². The predicted octanol–water partition coefficient (Wildman–Crippen LogP) is 2.13. The summed E-state index contributed by atoms with van der Waals surface area (Å²) in [6, 6.07) is 9.00. The van der Waals surface area contributed by atoms with Gasteiger partial charge in [0.1, 0.15) is 6.10 Å². The van der Waals surface area contributed by atoms with Crippen LogP contribution in [0.1, 0.15) is 30.7 Å². The Bertz CT molecular complexity index is 663. The lowest BCUT2D eigenvalue weighted by Gasteiger charge is -2.23. The van der Waals surface area contributed by atoms with Crippen LogP contribution in [0.4, 0.5) is 0 Å². The smallest absolute Gasteiger partial charge is 0.136 e. The molecule has 1 aromatic heterocycles. The van der Waals surface area contributed by atoms with E-state index in [0.717, 1.165) is 19.4 Å². The van der Waals surface area contributed by atoms with E-state index >= 15 is 0 Å². The van der Waals surface area contributed by atoms with Crippen molar-refractivity contribution in [2.24, 2.45) is 12.8 Å². The number of rotatable bonds is 1. The van der Waals surface area contributed by atoms with E-state index in [1.165, 1.54) is 22.2 Å². The molecule has 1 saturated heterocycles. The fourth-order valence-corrected chi connectivity index (χ4v) is 3.95. The summed E-state index contributed by atoms with van der Waals surface area (Å²) in [5.74, 6) is 0. The maximum Gasteiger partial charge on any atom is 0.136 e. The van der Waals surface area contributed by atoms with E-state index in [1.807, 2.05) is 0 Å². The Morgan fingerprint density at radius 3 is 2.95 bits per heavy atom. The molecule has 2 aliphatic rings. The third kappa shape index (κ3) is 1.47. The van der Waals surface area contributed by atoms with Crippen LogP contribution in [-0.2, 0) is 18.3 Å². The molecule has 2 N–H and O–H groups in total.